The molecule has 0 bridgehead atoms. The van der Waals surface area contributed by atoms with Crippen molar-refractivity contribution in [2.24, 2.45) is 5.92 Å². The first-order chi connectivity index (χ1) is 3.60. The van der Waals surface area contributed by atoms with Gasteiger partial charge in [0.15, 0.2) is 9.84 Å². The molecule has 1 saturated heterocycles. The molecule has 1 rings (SSSR count). The van der Waals surface area contributed by atoms with E-state index in [2.05, 4.69) is 0 Å². The molecule has 0 aromatic carbocycles. The minimum atomic E-state index is -2.65. The lowest BCUT2D eigenvalue weighted by molar-refractivity contribution is 0.600. The Morgan fingerprint density at radius 1 is 1.62 bits per heavy atom. The van der Waals surface area contributed by atoms with Gasteiger partial charge >= 0.3 is 0 Å². The normalized spacial score (nSPS) is 35.4. The van der Waals surface area contributed by atoms with Crippen LogP contribution in [0, 0.1) is 12.3 Å². The Bertz CT molecular complexity index is 169. The Morgan fingerprint density at radius 2 is 2.25 bits per heavy atom. The minimum Gasteiger partial charge on any atom is -0.229 e. The first kappa shape index (κ1) is 6.08. The van der Waals surface area contributed by atoms with Crippen molar-refractivity contribution in [3.63, 3.8) is 0 Å². The van der Waals surface area contributed by atoms with Gasteiger partial charge in [0.2, 0.25) is 0 Å². The van der Waals surface area contributed by atoms with Crippen molar-refractivity contribution in [3.05, 3.63) is 6.42 Å². The smallest absolute Gasteiger partial charge is 0.150 e. The van der Waals surface area contributed by atoms with Crippen LogP contribution in [0.2, 0.25) is 0 Å². The molecule has 1 fully saturated rings. The van der Waals surface area contributed by atoms with E-state index < -0.39 is 9.84 Å². The van der Waals surface area contributed by atoms with Gasteiger partial charge in [-0.3, -0.25) is 0 Å². The highest BCUT2D eigenvalue weighted by Gasteiger charge is 2.23. The Hall–Kier alpha value is -0.0500. The van der Waals surface area contributed by atoms with Crippen molar-refractivity contribution >= 4 is 9.84 Å². The van der Waals surface area contributed by atoms with Crippen LogP contribution >= 0.6 is 0 Å². The standard InChI is InChI=1S/C5H9O2S/c1-5-2-3-8(6,7)4-5/h2,5H,3-4H2,1H3. The van der Waals surface area contributed by atoms with E-state index in [4.69, 9.17) is 0 Å². The molecule has 8 heavy (non-hydrogen) atoms. The molecule has 1 aliphatic rings. The lowest BCUT2D eigenvalue weighted by atomic mass is 10.2. The summed E-state index contributed by atoms with van der Waals surface area (Å²) in [7, 11) is -2.65. The molecule has 0 aliphatic carbocycles. The zero-order valence-corrected chi connectivity index (χ0v) is 5.61. The highest BCUT2D eigenvalue weighted by molar-refractivity contribution is 7.91. The maximum Gasteiger partial charge on any atom is 0.150 e. The molecule has 3 heteroatoms. The zero-order chi connectivity index (χ0) is 6.20. The fourth-order valence-electron chi connectivity index (χ4n) is 0.848. The van der Waals surface area contributed by atoms with Gasteiger partial charge < -0.3 is 0 Å². The summed E-state index contributed by atoms with van der Waals surface area (Å²) in [6, 6.07) is 0. The molecule has 1 atom stereocenters. The van der Waals surface area contributed by atoms with Crippen LogP contribution in [-0.4, -0.2) is 19.9 Å². The van der Waals surface area contributed by atoms with Gasteiger partial charge in [-0.1, -0.05) is 6.92 Å². The van der Waals surface area contributed by atoms with Crippen molar-refractivity contribution < 1.29 is 8.42 Å². The third-order valence-corrected chi connectivity index (χ3v) is 3.00. The molecular formula is C5H9O2S. The summed E-state index contributed by atoms with van der Waals surface area (Å²) in [6.45, 7) is 1.92. The number of hydrogen-bond donors (Lipinski definition) is 0. The fourth-order valence-corrected chi connectivity index (χ4v) is 2.54. The van der Waals surface area contributed by atoms with Crippen molar-refractivity contribution in [1.29, 1.82) is 0 Å². The third kappa shape index (κ3) is 1.22. The molecular weight excluding hydrogens is 124 g/mol. The average Bonchev–Trinajstić information content (AvgIpc) is 1.82. The molecule has 1 radical (unpaired) electrons. The first-order valence-corrected chi connectivity index (χ1v) is 4.46. The van der Waals surface area contributed by atoms with Crippen LogP contribution in [-0.2, 0) is 9.84 Å². The summed E-state index contributed by atoms with van der Waals surface area (Å²) in [6.07, 6.45) is 1.84. The van der Waals surface area contributed by atoms with E-state index in [-0.39, 0.29) is 11.7 Å². The van der Waals surface area contributed by atoms with E-state index in [1.165, 1.54) is 0 Å². The Labute approximate surface area is 49.8 Å². The van der Waals surface area contributed by atoms with Crippen LogP contribution in [0.25, 0.3) is 0 Å². The second-order valence-corrected chi connectivity index (χ2v) is 4.44. The molecule has 0 aromatic rings. The van der Waals surface area contributed by atoms with Crippen LogP contribution in [0.1, 0.15) is 6.92 Å². The number of hydrogen-bond acceptors (Lipinski definition) is 2. The highest BCUT2D eigenvalue weighted by Crippen LogP contribution is 2.15. The van der Waals surface area contributed by atoms with E-state index >= 15 is 0 Å². The van der Waals surface area contributed by atoms with Crippen LogP contribution < -0.4 is 0 Å². The van der Waals surface area contributed by atoms with Gasteiger partial charge in [0, 0.05) is 0 Å². The van der Waals surface area contributed by atoms with Crippen LogP contribution in [0.5, 0.6) is 0 Å². The average molecular weight is 133 g/mol. The van der Waals surface area contributed by atoms with Crippen LogP contribution in [0.3, 0.4) is 0 Å². The summed E-state index contributed by atoms with van der Waals surface area (Å²) in [5, 5.41) is 0. The molecule has 0 aromatic heterocycles. The van der Waals surface area contributed by atoms with Crippen molar-refractivity contribution in [1.82, 2.24) is 0 Å². The van der Waals surface area contributed by atoms with E-state index in [0.29, 0.717) is 5.75 Å². The molecule has 0 saturated carbocycles. The van der Waals surface area contributed by atoms with Crippen molar-refractivity contribution in [3.8, 4) is 0 Å². The van der Waals surface area contributed by atoms with Gasteiger partial charge in [-0.15, -0.1) is 0 Å². The van der Waals surface area contributed by atoms with Crippen molar-refractivity contribution in [2.45, 2.75) is 6.92 Å². The lowest BCUT2D eigenvalue weighted by Gasteiger charge is -1.90. The fraction of sp³-hybridized carbons (Fsp3) is 0.800. The Balaban J connectivity index is 2.71. The topological polar surface area (TPSA) is 34.1 Å². The molecule has 1 aliphatic heterocycles. The summed E-state index contributed by atoms with van der Waals surface area (Å²) in [4.78, 5) is 0. The quantitative estimate of drug-likeness (QED) is 0.475. The molecule has 47 valence electrons. The van der Waals surface area contributed by atoms with Gasteiger partial charge in [-0.25, -0.2) is 8.42 Å². The van der Waals surface area contributed by atoms with Gasteiger partial charge in [0.25, 0.3) is 0 Å². The number of rotatable bonds is 0. The monoisotopic (exact) mass is 133 g/mol. The predicted molar refractivity (Wildman–Crippen MR) is 32.1 cm³/mol. The lowest BCUT2D eigenvalue weighted by Crippen LogP contribution is -2.01. The van der Waals surface area contributed by atoms with Gasteiger partial charge in [-0.05, 0) is 12.3 Å². The van der Waals surface area contributed by atoms with Crippen molar-refractivity contribution in [2.75, 3.05) is 11.5 Å². The second kappa shape index (κ2) is 1.72. The van der Waals surface area contributed by atoms with Gasteiger partial charge in [-0.2, -0.15) is 0 Å². The zero-order valence-electron chi connectivity index (χ0n) is 4.79. The molecule has 0 N–H and O–H groups in total. The van der Waals surface area contributed by atoms with Gasteiger partial charge in [0.05, 0.1) is 11.5 Å². The largest absolute Gasteiger partial charge is 0.229 e. The summed E-state index contributed by atoms with van der Waals surface area (Å²) >= 11 is 0. The first-order valence-electron chi connectivity index (χ1n) is 2.64. The third-order valence-electron chi connectivity index (χ3n) is 1.27. The molecule has 1 heterocycles. The summed E-state index contributed by atoms with van der Waals surface area (Å²) in [5.74, 6) is 0.918. The molecule has 2 nitrogen and oxygen atoms in total. The summed E-state index contributed by atoms with van der Waals surface area (Å²) in [5.41, 5.74) is 0. The maximum atomic E-state index is 10.6. The summed E-state index contributed by atoms with van der Waals surface area (Å²) < 4.78 is 21.2. The van der Waals surface area contributed by atoms with Gasteiger partial charge in [0.1, 0.15) is 0 Å². The van der Waals surface area contributed by atoms with Crippen LogP contribution in [0.4, 0.5) is 0 Å². The second-order valence-electron chi connectivity index (χ2n) is 2.29. The van der Waals surface area contributed by atoms with E-state index in [1.807, 2.05) is 13.3 Å². The molecule has 1 unspecified atom stereocenters. The van der Waals surface area contributed by atoms with E-state index in [0.717, 1.165) is 0 Å². The maximum absolute atomic E-state index is 10.6. The molecule has 0 spiro atoms. The SMILES string of the molecule is CC1[CH]CS(=O)(=O)C1. The highest BCUT2D eigenvalue weighted by atomic mass is 32.2. The number of sulfone groups is 1. The minimum absolute atomic E-state index is 0.278. The van der Waals surface area contributed by atoms with Crippen LogP contribution in [0.15, 0.2) is 0 Å². The Morgan fingerprint density at radius 3 is 2.38 bits per heavy atom. The predicted octanol–water partition coefficient (Wildman–Crippen LogP) is 0.255. The molecule has 0 amide bonds. The Kier molecular flexibility index (Phi) is 1.31. The van der Waals surface area contributed by atoms with E-state index in [9.17, 15) is 8.42 Å². The van der Waals surface area contributed by atoms with E-state index in [1.54, 1.807) is 0 Å².